The van der Waals surface area contributed by atoms with Gasteiger partial charge in [0.2, 0.25) is 5.78 Å². The number of nitro benzene ring substituents is 1. The number of aromatic nitrogens is 1. The Bertz CT molecular complexity index is 998. The van der Waals surface area contributed by atoms with E-state index in [1.807, 2.05) is 6.92 Å². The molecule has 2 aromatic rings. The molecular formula is C20H22ClN3O6. The number of nitrogens with zero attached hydrogens (tertiary/aromatic N) is 1. The largest absolute Gasteiger partial charge is 0.456 e. The van der Waals surface area contributed by atoms with Crippen molar-refractivity contribution in [3.8, 4) is 0 Å². The molecule has 0 saturated carbocycles. The van der Waals surface area contributed by atoms with Crippen LogP contribution in [0.5, 0.6) is 0 Å². The van der Waals surface area contributed by atoms with Crippen molar-refractivity contribution in [2.45, 2.75) is 33.7 Å². The van der Waals surface area contributed by atoms with Gasteiger partial charge in [-0.3, -0.25) is 19.7 Å². The summed E-state index contributed by atoms with van der Waals surface area (Å²) in [5, 5.41) is 13.2. The van der Waals surface area contributed by atoms with Gasteiger partial charge in [0.05, 0.1) is 15.5 Å². The van der Waals surface area contributed by atoms with Crippen LogP contribution in [0.4, 0.5) is 5.69 Å². The highest BCUT2D eigenvalue weighted by Gasteiger charge is 2.28. The number of nitrogens with one attached hydrogen (secondary N) is 2. The van der Waals surface area contributed by atoms with E-state index in [1.54, 1.807) is 26.8 Å². The first kappa shape index (κ1) is 23.1. The van der Waals surface area contributed by atoms with Gasteiger partial charge in [0.25, 0.3) is 11.6 Å². The Morgan fingerprint density at radius 1 is 1.20 bits per heavy atom. The molecule has 9 nitrogen and oxygen atoms in total. The van der Waals surface area contributed by atoms with E-state index >= 15 is 0 Å². The lowest BCUT2D eigenvalue weighted by molar-refractivity contribution is -0.384. The molecule has 160 valence electrons. The van der Waals surface area contributed by atoms with Gasteiger partial charge in [-0.1, -0.05) is 25.4 Å². The fourth-order valence-electron chi connectivity index (χ4n) is 2.84. The number of rotatable bonds is 8. The molecule has 0 aliphatic heterocycles. The highest BCUT2D eigenvalue weighted by atomic mass is 35.5. The van der Waals surface area contributed by atoms with Gasteiger partial charge < -0.3 is 15.0 Å². The summed E-state index contributed by atoms with van der Waals surface area (Å²) < 4.78 is 5.12. The van der Waals surface area contributed by atoms with Crippen molar-refractivity contribution in [2.75, 3.05) is 6.61 Å². The van der Waals surface area contributed by atoms with Crippen LogP contribution in [0.3, 0.4) is 0 Å². The maximum atomic E-state index is 12.5. The molecular weight excluding hydrogens is 414 g/mol. The number of esters is 1. The molecule has 1 aromatic heterocycles. The van der Waals surface area contributed by atoms with Gasteiger partial charge in [0.1, 0.15) is 6.04 Å². The SMILES string of the molecule is Cc1cc(C(=O)COC(=O)[C@@H](NC(=O)c2ccc([N+](=O)[O-])cc2Cl)C(C)C)c(C)[nH]1. The predicted molar refractivity (Wildman–Crippen MR) is 110 cm³/mol. The molecule has 0 bridgehead atoms. The number of H-pyrrole nitrogens is 1. The molecule has 1 aromatic carbocycles. The Kier molecular flexibility index (Phi) is 7.33. The molecule has 0 aliphatic carbocycles. The Balaban J connectivity index is 2.07. The third-order valence-electron chi connectivity index (χ3n) is 4.41. The smallest absolute Gasteiger partial charge is 0.329 e. The van der Waals surface area contributed by atoms with Gasteiger partial charge in [0.15, 0.2) is 6.61 Å². The van der Waals surface area contributed by atoms with Gasteiger partial charge in [-0.2, -0.15) is 0 Å². The molecule has 10 heteroatoms. The zero-order valence-electron chi connectivity index (χ0n) is 16.9. The number of hydrogen-bond acceptors (Lipinski definition) is 6. The normalized spacial score (nSPS) is 11.8. The quantitative estimate of drug-likeness (QED) is 0.283. The van der Waals surface area contributed by atoms with E-state index < -0.39 is 29.4 Å². The number of aromatic amines is 1. The van der Waals surface area contributed by atoms with Crippen LogP contribution >= 0.6 is 11.6 Å². The lowest BCUT2D eigenvalue weighted by Crippen LogP contribution is -2.45. The van der Waals surface area contributed by atoms with E-state index in [2.05, 4.69) is 10.3 Å². The first-order valence-corrected chi connectivity index (χ1v) is 9.50. The number of benzene rings is 1. The monoisotopic (exact) mass is 435 g/mol. The number of ketones is 1. The summed E-state index contributed by atoms with van der Waals surface area (Å²) in [5.74, 6) is -2.16. The van der Waals surface area contributed by atoms with Crippen molar-refractivity contribution in [1.29, 1.82) is 0 Å². The zero-order chi connectivity index (χ0) is 22.6. The molecule has 1 heterocycles. The molecule has 0 spiro atoms. The van der Waals surface area contributed by atoms with Gasteiger partial charge >= 0.3 is 5.97 Å². The number of carbonyl (C=O) groups is 3. The number of hydrogen-bond donors (Lipinski definition) is 2. The van der Waals surface area contributed by atoms with Crippen LogP contribution in [-0.2, 0) is 9.53 Å². The van der Waals surface area contributed by atoms with Gasteiger partial charge in [-0.15, -0.1) is 0 Å². The van der Waals surface area contributed by atoms with Gasteiger partial charge in [-0.05, 0) is 31.9 Å². The van der Waals surface area contributed by atoms with Crippen molar-refractivity contribution < 1.29 is 24.0 Å². The fraction of sp³-hybridized carbons (Fsp3) is 0.350. The maximum absolute atomic E-state index is 12.5. The Morgan fingerprint density at radius 3 is 2.37 bits per heavy atom. The van der Waals surface area contributed by atoms with Crippen molar-refractivity contribution in [1.82, 2.24) is 10.3 Å². The molecule has 0 aliphatic rings. The van der Waals surface area contributed by atoms with E-state index in [0.29, 0.717) is 11.3 Å². The van der Waals surface area contributed by atoms with Crippen molar-refractivity contribution in [3.05, 3.63) is 61.9 Å². The second-order valence-corrected chi connectivity index (χ2v) is 7.55. The first-order chi connectivity index (χ1) is 14.0. The number of carbonyl (C=O) groups excluding carboxylic acids is 3. The summed E-state index contributed by atoms with van der Waals surface area (Å²) in [5.41, 5.74) is 1.65. The summed E-state index contributed by atoms with van der Waals surface area (Å²) in [6.45, 7) is 6.49. The Labute approximate surface area is 177 Å². The minimum absolute atomic E-state index is 0.0183. The predicted octanol–water partition coefficient (Wildman–Crippen LogP) is 3.37. The van der Waals surface area contributed by atoms with Crippen LogP contribution in [0.2, 0.25) is 5.02 Å². The molecule has 2 N–H and O–H groups in total. The minimum atomic E-state index is -1.04. The van der Waals surface area contributed by atoms with Crippen LogP contribution in [0.15, 0.2) is 24.3 Å². The molecule has 30 heavy (non-hydrogen) atoms. The fourth-order valence-corrected chi connectivity index (χ4v) is 3.10. The lowest BCUT2D eigenvalue weighted by Gasteiger charge is -2.21. The van der Waals surface area contributed by atoms with Crippen molar-refractivity contribution in [3.63, 3.8) is 0 Å². The average molecular weight is 436 g/mol. The number of halogens is 1. The van der Waals surface area contributed by atoms with Gasteiger partial charge in [-0.25, -0.2) is 4.79 Å². The number of ether oxygens (including phenoxy) is 1. The topological polar surface area (TPSA) is 131 Å². The summed E-state index contributed by atoms with van der Waals surface area (Å²) in [6.07, 6.45) is 0. The van der Waals surface area contributed by atoms with Gasteiger partial charge in [0, 0.05) is 29.1 Å². The summed E-state index contributed by atoms with van der Waals surface area (Å²) in [6, 6.07) is 4.04. The number of nitro groups is 1. The lowest BCUT2D eigenvalue weighted by atomic mass is 10.0. The van der Waals surface area contributed by atoms with Crippen molar-refractivity contribution >= 4 is 34.9 Å². The van der Waals surface area contributed by atoms with E-state index in [0.717, 1.165) is 17.8 Å². The summed E-state index contributed by atoms with van der Waals surface area (Å²) in [7, 11) is 0. The van der Waals surface area contributed by atoms with E-state index in [9.17, 15) is 24.5 Å². The first-order valence-electron chi connectivity index (χ1n) is 9.12. The van der Waals surface area contributed by atoms with Crippen LogP contribution in [0.25, 0.3) is 0 Å². The Hall–Kier alpha value is -3.20. The highest BCUT2D eigenvalue weighted by Crippen LogP contribution is 2.23. The molecule has 2 rings (SSSR count). The van der Waals surface area contributed by atoms with E-state index in [1.165, 1.54) is 6.07 Å². The molecule has 0 radical (unpaired) electrons. The second-order valence-electron chi connectivity index (χ2n) is 7.14. The highest BCUT2D eigenvalue weighted by molar-refractivity contribution is 6.34. The third kappa shape index (κ3) is 5.44. The Morgan fingerprint density at radius 2 is 1.87 bits per heavy atom. The van der Waals surface area contributed by atoms with Crippen LogP contribution in [-0.4, -0.2) is 40.2 Å². The number of aryl methyl sites for hydroxylation is 2. The van der Waals surface area contributed by atoms with Crippen LogP contribution in [0, 0.1) is 29.9 Å². The number of non-ortho nitro benzene ring substituents is 1. The second kappa shape index (κ2) is 9.53. The molecule has 1 atom stereocenters. The summed E-state index contributed by atoms with van der Waals surface area (Å²) in [4.78, 5) is 50.5. The molecule has 0 saturated heterocycles. The number of amides is 1. The maximum Gasteiger partial charge on any atom is 0.329 e. The van der Waals surface area contributed by atoms with Crippen LogP contribution in [0.1, 0.15) is 46.0 Å². The zero-order valence-corrected chi connectivity index (χ0v) is 17.7. The molecule has 0 fully saturated rings. The standard InChI is InChI=1S/C20H22ClN3O6/c1-10(2)18(20(27)30-9-17(25)15-7-11(3)22-12(15)4)23-19(26)14-6-5-13(24(28)29)8-16(14)21/h5-8,10,18,22H,9H2,1-4H3,(H,23,26)/t18-/m0/s1. The third-order valence-corrected chi connectivity index (χ3v) is 4.72. The summed E-state index contributed by atoms with van der Waals surface area (Å²) >= 11 is 5.97. The average Bonchev–Trinajstić information content (AvgIpc) is 3.01. The minimum Gasteiger partial charge on any atom is -0.456 e. The van der Waals surface area contributed by atoms with Crippen molar-refractivity contribution in [2.24, 2.45) is 5.92 Å². The van der Waals surface area contributed by atoms with E-state index in [-0.39, 0.29) is 28.0 Å². The van der Waals surface area contributed by atoms with Crippen LogP contribution < -0.4 is 5.32 Å². The van der Waals surface area contributed by atoms with E-state index in [4.69, 9.17) is 16.3 Å². The molecule has 1 amide bonds. The molecule has 0 unspecified atom stereocenters. The number of Topliss-reactive ketones (excluding diaryl/α,β-unsaturated/α-hetero) is 1.